The normalized spacial score (nSPS) is 10.6. The van der Waals surface area contributed by atoms with Gasteiger partial charge in [-0.05, 0) is 43.2 Å². The predicted molar refractivity (Wildman–Crippen MR) is 104 cm³/mol. The van der Waals surface area contributed by atoms with E-state index in [1.54, 1.807) is 24.3 Å². The Balaban J connectivity index is 0.000000309. The zero-order chi connectivity index (χ0) is 20.6. The third-order valence-electron chi connectivity index (χ3n) is 3.34. The van der Waals surface area contributed by atoms with Gasteiger partial charge in [0.15, 0.2) is 0 Å². The number of nitrogens with two attached hydrogens (primary N) is 3. The van der Waals surface area contributed by atoms with Gasteiger partial charge < -0.3 is 27.0 Å². The molecule has 0 aromatic heterocycles. The fraction of sp³-hybridized carbons (Fsp3) is 0.235. The fourth-order valence-electron chi connectivity index (χ4n) is 1.95. The number of ether oxygens (including phenoxy) is 1. The van der Waals surface area contributed by atoms with Gasteiger partial charge in [0.2, 0.25) is 0 Å². The third kappa shape index (κ3) is 8.29. The van der Waals surface area contributed by atoms with Crippen molar-refractivity contribution in [1.82, 2.24) is 0 Å². The summed E-state index contributed by atoms with van der Waals surface area (Å²) in [6.07, 6.45) is 0.187. The van der Waals surface area contributed by atoms with Crippen LogP contribution in [0, 0.1) is 6.92 Å². The number of rotatable bonds is 6. The Morgan fingerprint density at radius 2 is 1.78 bits per heavy atom. The Kier molecular flexibility index (Phi) is 7.88. The number of anilines is 3. The molecule has 0 saturated carbocycles. The van der Waals surface area contributed by atoms with Crippen LogP contribution in [0.25, 0.3) is 0 Å². The maximum absolute atomic E-state index is 10.5. The predicted octanol–water partition coefficient (Wildman–Crippen LogP) is 1.78. The average Bonchev–Trinajstić information content (AvgIpc) is 2.55. The third-order valence-corrected chi connectivity index (χ3v) is 4.14. The van der Waals surface area contributed by atoms with Crippen LogP contribution in [0.3, 0.4) is 0 Å². The van der Waals surface area contributed by atoms with Crippen molar-refractivity contribution in [2.24, 2.45) is 0 Å². The van der Waals surface area contributed by atoms with Gasteiger partial charge >= 0.3 is 5.97 Å². The summed E-state index contributed by atoms with van der Waals surface area (Å²) in [6.45, 7) is 1.97. The van der Waals surface area contributed by atoms with E-state index in [4.69, 9.17) is 31.6 Å². The second-order valence-electron chi connectivity index (χ2n) is 5.67. The van der Waals surface area contributed by atoms with Gasteiger partial charge in [-0.15, -0.1) is 0 Å². The van der Waals surface area contributed by atoms with Crippen LogP contribution in [0.4, 0.5) is 17.1 Å². The molecule has 0 spiro atoms. The monoisotopic (exact) mass is 397 g/mol. The average molecular weight is 397 g/mol. The summed E-state index contributed by atoms with van der Waals surface area (Å²) >= 11 is 0. The fourth-order valence-corrected chi connectivity index (χ4v) is 2.43. The molecular weight excluding hydrogens is 374 g/mol. The Bertz CT molecular complexity index is 900. The van der Waals surface area contributed by atoms with E-state index in [0.717, 1.165) is 5.56 Å². The molecule has 2 rings (SSSR count). The Morgan fingerprint density at radius 1 is 1.11 bits per heavy atom. The summed E-state index contributed by atoms with van der Waals surface area (Å²) < 4.78 is 34.7. The molecule has 0 aliphatic rings. The van der Waals surface area contributed by atoms with Crippen molar-refractivity contribution in [3.63, 3.8) is 0 Å². The highest BCUT2D eigenvalue weighted by atomic mass is 32.2. The van der Waals surface area contributed by atoms with E-state index in [9.17, 15) is 13.2 Å². The van der Waals surface area contributed by atoms with E-state index < -0.39 is 16.1 Å². The minimum Gasteiger partial charge on any atom is -0.491 e. The number of hydrogen-bond acceptors (Lipinski definition) is 7. The molecule has 0 bridgehead atoms. The van der Waals surface area contributed by atoms with E-state index in [0.29, 0.717) is 22.8 Å². The molecule has 0 saturated heterocycles. The summed E-state index contributed by atoms with van der Waals surface area (Å²) in [5.74, 6) is -0.871. The number of carbonyl (C=O) groups is 1. The first kappa shape index (κ1) is 22.1. The lowest BCUT2D eigenvalue weighted by molar-refractivity contribution is 0.0697. The molecule has 0 fully saturated rings. The summed E-state index contributed by atoms with van der Waals surface area (Å²) in [5.41, 5.74) is 19.3. The highest BCUT2D eigenvalue weighted by molar-refractivity contribution is 7.85. The van der Waals surface area contributed by atoms with E-state index in [1.165, 1.54) is 12.1 Å². The SMILES string of the molecule is Cc1cc(N)c(OCCCS(=O)(=O)O)cc1N.Nc1cccc(C(=O)O)c1. The molecule has 2 aromatic carbocycles. The standard InChI is InChI=1S/C10H16N2O4S.C7H7NO2/c1-7-5-9(12)10(6-8(7)11)16-3-2-4-17(13,14)15;8-6-3-1-2-5(4-6)7(9)10/h5-6H,2-4,11-12H2,1H3,(H,13,14,15);1-4H,8H2,(H,9,10). The molecule has 10 heteroatoms. The van der Waals surface area contributed by atoms with Crippen LogP contribution in [0.15, 0.2) is 36.4 Å². The minimum absolute atomic E-state index is 0.145. The highest BCUT2D eigenvalue weighted by Gasteiger charge is 2.07. The molecule has 9 nitrogen and oxygen atoms in total. The number of aryl methyl sites for hydroxylation is 1. The number of carboxylic acid groups (broad SMARTS) is 1. The molecule has 8 N–H and O–H groups in total. The van der Waals surface area contributed by atoms with Crippen molar-refractivity contribution in [2.75, 3.05) is 29.6 Å². The molecule has 0 heterocycles. The number of hydrogen-bond donors (Lipinski definition) is 5. The van der Waals surface area contributed by atoms with Gasteiger partial charge in [0.25, 0.3) is 10.1 Å². The number of aromatic carboxylic acids is 1. The van der Waals surface area contributed by atoms with Crippen LogP contribution in [0.5, 0.6) is 5.75 Å². The number of nitrogen functional groups attached to an aromatic ring is 3. The van der Waals surface area contributed by atoms with Gasteiger partial charge in [-0.1, -0.05) is 6.07 Å². The molecule has 0 amide bonds. The van der Waals surface area contributed by atoms with E-state index in [2.05, 4.69) is 0 Å². The lowest BCUT2D eigenvalue weighted by Crippen LogP contribution is -2.09. The van der Waals surface area contributed by atoms with Crippen LogP contribution < -0.4 is 21.9 Å². The van der Waals surface area contributed by atoms with Gasteiger partial charge in [0.1, 0.15) is 5.75 Å². The summed E-state index contributed by atoms with van der Waals surface area (Å²) in [6, 6.07) is 9.46. The van der Waals surface area contributed by atoms with Crippen molar-refractivity contribution < 1.29 is 27.6 Å². The van der Waals surface area contributed by atoms with Crippen molar-refractivity contribution in [1.29, 1.82) is 0 Å². The second-order valence-corrected chi connectivity index (χ2v) is 7.24. The van der Waals surface area contributed by atoms with Gasteiger partial charge in [-0.2, -0.15) is 8.42 Å². The molecule has 0 aliphatic heterocycles. The van der Waals surface area contributed by atoms with E-state index >= 15 is 0 Å². The van der Waals surface area contributed by atoms with Crippen LogP contribution in [0.1, 0.15) is 22.3 Å². The summed E-state index contributed by atoms with van der Waals surface area (Å²) in [4.78, 5) is 10.3. The first-order valence-corrected chi connectivity index (χ1v) is 9.43. The number of carboxylic acids is 1. The molecule has 148 valence electrons. The lowest BCUT2D eigenvalue weighted by atomic mass is 10.1. The zero-order valence-electron chi connectivity index (χ0n) is 14.8. The van der Waals surface area contributed by atoms with Gasteiger partial charge in [-0.25, -0.2) is 4.79 Å². The highest BCUT2D eigenvalue weighted by Crippen LogP contribution is 2.27. The molecule has 2 aromatic rings. The first-order valence-electron chi connectivity index (χ1n) is 7.82. The second kappa shape index (κ2) is 9.64. The maximum atomic E-state index is 10.5. The van der Waals surface area contributed by atoms with Gasteiger partial charge in [0.05, 0.1) is 23.6 Å². The van der Waals surface area contributed by atoms with E-state index in [-0.39, 0.29) is 24.3 Å². The minimum atomic E-state index is -3.94. The quantitative estimate of drug-likeness (QED) is 0.276. The van der Waals surface area contributed by atoms with Crippen LogP contribution in [-0.4, -0.2) is 36.4 Å². The molecule has 0 atom stereocenters. The van der Waals surface area contributed by atoms with Crippen LogP contribution in [-0.2, 0) is 10.1 Å². The summed E-state index contributed by atoms with van der Waals surface area (Å²) in [7, 11) is -3.94. The Morgan fingerprint density at radius 3 is 2.30 bits per heavy atom. The topological polar surface area (TPSA) is 179 Å². The van der Waals surface area contributed by atoms with Crippen molar-refractivity contribution in [3.8, 4) is 5.75 Å². The first-order chi connectivity index (χ1) is 12.5. The molecule has 0 aliphatic carbocycles. The number of benzene rings is 2. The molecular formula is C17H23N3O6S. The summed E-state index contributed by atoms with van der Waals surface area (Å²) in [5, 5.41) is 8.45. The largest absolute Gasteiger partial charge is 0.491 e. The van der Waals surface area contributed by atoms with Gasteiger partial charge in [0, 0.05) is 17.4 Å². The molecule has 0 unspecified atom stereocenters. The lowest BCUT2D eigenvalue weighted by Gasteiger charge is -2.10. The maximum Gasteiger partial charge on any atom is 0.335 e. The Hall–Kier alpha value is -2.98. The molecule has 27 heavy (non-hydrogen) atoms. The smallest absolute Gasteiger partial charge is 0.335 e. The zero-order valence-corrected chi connectivity index (χ0v) is 15.6. The van der Waals surface area contributed by atoms with E-state index in [1.807, 2.05) is 6.92 Å². The van der Waals surface area contributed by atoms with Crippen LogP contribution in [0.2, 0.25) is 0 Å². The van der Waals surface area contributed by atoms with Crippen molar-refractivity contribution in [2.45, 2.75) is 13.3 Å². The van der Waals surface area contributed by atoms with Gasteiger partial charge in [-0.3, -0.25) is 4.55 Å². The van der Waals surface area contributed by atoms with Crippen molar-refractivity contribution >= 4 is 33.1 Å². The van der Waals surface area contributed by atoms with Crippen molar-refractivity contribution in [3.05, 3.63) is 47.5 Å². The molecule has 0 radical (unpaired) electrons. The Labute approximate surface area is 157 Å². The van der Waals surface area contributed by atoms with Crippen LogP contribution >= 0.6 is 0 Å².